The van der Waals surface area contributed by atoms with Gasteiger partial charge in [-0.3, -0.25) is 0 Å². The van der Waals surface area contributed by atoms with E-state index in [2.05, 4.69) is 58.1 Å². The van der Waals surface area contributed by atoms with Gasteiger partial charge < -0.3 is 5.32 Å². The Balaban J connectivity index is 2.31. The predicted molar refractivity (Wildman–Crippen MR) is 91.6 cm³/mol. The molecule has 0 radical (unpaired) electrons. The molecule has 0 aliphatic rings. The van der Waals surface area contributed by atoms with Crippen LogP contribution in [0.4, 0.5) is 0 Å². The van der Waals surface area contributed by atoms with Crippen LogP contribution in [0, 0.1) is 18.8 Å². The third-order valence-electron chi connectivity index (χ3n) is 3.48. The van der Waals surface area contributed by atoms with Crippen molar-refractivity contribution < 1.29 is 0 Å². The first-order valence-electron chi connectivity index (χ1n) is 7.69. The second kappa shape index (κ2) is 6.73. The molecule has 0 atom stereocenters. The van der Waals surface area contributed by atoms with Gasteiger partial charge in [-0.25, -0.2) is 0 Å². The zero-order valence-corrected chi connectivity index (χ0v) is 14.2. The average molecular weight is 289 g/mol. The molecule has 1 nitrogen and oxygen atoms in total. The lowest BCUT2D eigenvalue weighted by Gasteiger charge is -2.10. The molecule has 0 bridgehead atoms. The van der Waals surface area contributed by atoms with Crippen LogP contribution in [0.2, 0.25) is 0 Å². The van der Waals surface area contributed by atoms with Gasteiger partial charge in [0.15, 0.2) is 0 Å². The lowest BCUT2D eigenvalue weighted by Crippen LogP contribution is -2.19. The fraction of sp³-hybridized carbons (Fsp3) is 0.556. The second-order valence-electron chi connectivity index (χ2n) is 6.63. The summed E-state index contributed by atoms with van der Waals surface area (Å²) in [6, 6.07) is 6.86. The van der Waals surface area contributed by atoms with Crippen molar-refractivity contribution in [3.05, 3.63) is 34.2 Å². The van der Waals surface area contributed by atoms with Gasteiger partial charge in [0.25, 0.3) is 0 Å². The summed E-state index contributed by atoms with van der Waals surface area (Å²) in [5, 5.41) is 5.08. The third-order valence-corrected chi connectivity index (χ3v) is 4.69. The summed E-state index contributed by atoms with van der Waals surface area (Å²) in [5.41, 5.74) is 2.93. The van der Waals surface area contributed by atoms with Crippen molar-refractivity contribution in [2.24, 2.45) is 11.8 Å². The second-order valence-corrected chi connectivity index (χ2v) is 7.76. The van der Waals surface area contributed by atoms with Crippen molar-refractivity contribution in [2.45, 2.75) is 47.6 Å². The Hall–Kier alpha value is -0.860. The van der Waals surface area contributed by atoms with Gasteiger partial charge in [-0.2, -0.15) is 0 Å². The van der Waals surface area contributed by atoms with Crippen LogP contribution in [0.5, 0.6) is 0 Å². The molecule has 2 aromatic rings. The minimum Gasteiger partial charge on any atom is -0.312 e. The number of benzene rings is 1. The molecule has 1 aromatic heterocycles. The summed E-state index contributed by atoms with van der Waals surface area (Å²) >= 11 is 1.96. The molecule has 0 aliphatic heterocycles. The SMILES string of the molecule is Cc1ccc2sc(CNCC(C)C)c(CC(C)C)c2c1. The van der Waals surface area contributed by atoms with Crippen LogP contribution in [0.25, 0.3) is 10.1 Å². The van der Waals surface area contributed by atoms with E-state index in [1.165, 1.54) is 26.9 Å². The molecular weight excluding hydrogens is 262 g/mol. The monoisotopic (exact) mass is 289 g/mol. The van der Waals surface area contributed by atoms with E-state index in [0.717, 1.165) is 13.1 Å². The smallest absolute Gasteiger partial charge is 0.0349 e. The lowest BCUT2D eigenvalue weighted by molar-refractivity contribution is 0.552. The van der Waals surface area contributed by atoms with E-state index in [1.54, 1.807) is 5.56 Å². The van der Waals surface area contributed by atoms with Crippen LogP contribution in [0.1, 0.15) is 43.7 Å². The summed E-state index contributed by atoms with van der Waals surface area (Å²) < 4.78 is 1.44. The quantitative estimate of drug-likeness (QED) is 0.775. The van der Waals surface area contributed by atoms with Crippen molar-refractivity contribution in [3.63, 3.8) is 0 Å². The molecule has 0 saturated carbocycles. The Morgan fingerprint density at radius 3 is 2.50 bits per heavy atom. The van der Waals surface area contributed by atoms with Crippen molar-refractivity contribution in [2.75, 3.05) is 6.54 Å². The molecule has 0 unspecified atom stereocenters. The zero-order chi connectivity index (χ0) is 14.7. The largest absolute Gasteiger partial charge is 0.312 e. The van der Waals surface area contributed by atoms with Gasteiger partial charge in [0.05, 0.1) is 0 Å². The summed E-state index contributed by atoms with van der Waals surface area (Å²) in [5.74, 6) is 1.41. The zero-order valence-electron chi connectivity index (χ0n) is 13.4. The van der Waals surface area contributed by atoms with E-state index in [0.29, 0.717) is 11.8 Å². The molecule has 2 heteroatoms. The molecule has 0 fully saturated rings. The van der Waals surface area contributed by atoms with Gasteiger partial charge in [-0.1, -0.05) is 45.4 Å². The summed E-state index contributed by atoms with van der Waals surface area (Å²) in [6.07, 6.45) is 1.18. The number of aryl methyl sites for hydroxylation is 1. The van der Waals surface area contributed by atoms with Crippen molar-refractivity contribution >= 4 is 21.4 Å². The highest BCUT2D eigenvalue weighted by Crippen LogP contribution is 2.33. The van der Waals surface area contributed by atoms with Gasteiger partial charge in [0, 0.05) is 16.1 Å². The molecule has 0 saturated heterocycles. The molecule has 2 rings (SSSR count). The first-order chi connectivity index (χ1) is 9.47. The van der Waals surface area contributed by atoms with E-state index in [9.17, 15) is 0 Å². The van der Waals surface area contributed by atoms with Crippen LogP contribution in [0.3, 0.4) is 0 Å². The Labute approximate surface area is 127 Å². The Morgan fingerprint density at radius 1 is 1.10 bits per heavy atom. The van der Waals surface area contributed by atoms with E-state index < -0.39 is 0 Å². The fourth-order valence-electron chi connectivity index (χ4n) is 2.56. The highest BCUT2D eigenvalue weighted by Gasteiger charge is 2.13. The van der Waals surface area contributed by atoms with Crippen LogP contribution < -0.4 is 5.32 Å². The van der Waals surface area contributed by atoms with E-state index in [1.807, 2.05) is 11.3 Å². The van der Waals surface area contributed by atoms with Gasteiger partial charge >= 0.3 is 0 Å². The molecule has 0 amide bonds. The van der Waals surface area contributed by atoms with E-state index >= 15 is 0 Å². The summed E-state index contributed by atoms with van der Waals surface area (Å²) in [7, 11) is 0. The van der Waals surface area contributed by atoms with Crippen LogP contribution in [0.15, 0.2) is 18.2 Å². The third kappa shape index (κ3) is 3.83. The standard InChI is InChI=1S/C18H27NS/c1-12(2)8-15-16-9-14(5)6-7-17(16)20-18(15)11-19-10-13(3)4/h6-7,9,12-13,19H,8,10-11H2,1-5H3. The number of hydrogen-bond donors (Lipinski definition) is 1. The predicted octanol–water partition coefficient (Wildman–Crippen LogP) is 5.15. The van der Waals surface area contributed by atoms with Crippen LogP contribution in [-0.2, 0) is 13.0 Å². The fourth-order valence-corrected chi connectivity index (χ4v) is 3.75. The molecule has 20 heavy (non-hydrogen) atoms. The topological polar surface area (TPSA) is 12.0 Å². The normalized spacial score (nSPS) is 11.9. The first kappa shape index (κ1) is 15.5. The number of nitrogens with one attached hydrogen (secondary N) is 1. The Kier molecular flexibility index (Phi) is 5.22. The van der Waals surface area contributed by atoms with Crippen molar-refractivity contribution in [3.8, 4) is 0 Å². The summed E-state index contributed by atoms with van der Waals surface area (Å²) in [4.78, 5) is 1.53. The van der Waals surface area contributed by atoms with Crippen LogP contribution in [-0.4, -0.2) is 6.54 Å². The Morgan fingerprint density at radius 2 is 1.85 bits per heavy atom. The molecule has 0 spiro atoms. The van der Waals surface area contributed by atoms with Gasteiger partial charge in [0.1, 0.15) is 0 Å². The number of fused-ring (bicyclic) bond motifs is 1. The summed E-state index contributed by atoms with van der Waals surface area (Å²) in [6.45, 7) is 13.4. The van der Waals surface area contributed by atoms with E-state index in [-0.39, 0.29) is 0 Å². The van der Waals surface area contributed by atoms with Crippen molar-refractivity contribution in [1.29, 1.82) is 0 Å². The lowest BCUT2D eigenvalue weighted by atomic mass is 9.99. The number of hydrogen-bond acceptors (Lipinski definition) is 2. The van der Waals surface area contributed by atoms with E-state index in [4.69, 9.17) is 0 Å². The van der Waals surface area contributed by atoms with Gasteiger partial charge in [-0.05, 0) is 48.7 Å². The highest BCUT2D eigenvalue weighted by molar-refractivity contribution is 7.19. The van der Waals surface area contributed by atoms with Crippen LogP contribution >= 0.6 is 11.3 Å². The molecule has 1 aromatic carbocycles. The average Bonchev–Trinajstić information content (AvgIpc) is 2.66. The molecule has 0 aliphatic carbocycles. The van der Waals surface area contributed by atoms with Gasteiger partial charge in [0.2, 0.25) is 0 Å². The minimum absolute atomic E-state index is 0.706. The first-order valence-corrected chi connectivity index (χ1v) is 8.50. The molecular formula is C18H27NS. The molecule has 110 valence electrons. The maximum atomic E-state index is 3.60. The highest BCUT2D eigenvalue weighted by atomic mass is 32.1. The van der Waals surface area contributed by atoms with Gasteiger partial charge in [-0.15, -0.1) is 11.3 Å². The van der Waals surface area contributed by atoms with Crippen molar-refractivity contribution in [1.82, 2.24) is 5.32 Å². The molecule has 1 N–H and O–H groups in total. The Bertz CT molecular complexity index is 566. The maximum Gasteiger partial charge on any atom is 0.0349 e. The number of thiophene rings is 1. The minimum atomic E-state index is 0.706. The maximum absolute atomic E-state index is 3.60. The number of rotatable bonds is 6. The molecule has 1 heterocycles.